The Kier molecular flexibility index (Phi) is 8.31. The second-order valence-corrected chi connectivity index (χ2v) is 6.56. The van der Waals surface area contributed by atoms with Crippen LogP contribution in [-0.4, -0.2) is 37.7 Å². The summed E-state index contributed by atoms with van der Waals surface area (Å²) in [5, 5.41) is 7.54. The van der Waals surface area contributed by atoms with E-state index in [2.05, 4.69) is 15.4 Å². The van der Waals surface area contributed by atoms with Gasteiger partial charge in [-0.15, -0.1) is 11.3 Å². The topological polar surface area (TPSA) is 93.7 Å². The molecule has 7 nitrogen and oxygen atoms in total. The van der Waals surface area contributed by atoms with Gasteiger partial charge in [0, 0.05) is 23.5 Å². The van der Waals surface area contributed by atoms with E-state index in [1.165, 1.54) is 12.1 Å². The molecular weight excluding hydrogens is 368 g/mol. The molecule has 2 amide bonds. The summed E-state index contributed by atoms with van der Waals surface area (Å²) in [6, 6.07) is 10.0. The standard InChI is InChI=1S/C19H22N2O5S/c1-2-25-19(24)26-15-8-6-14(7-9-15)18(23)21-11-4-10-20-17(22)13-16-5-3-12-27-16/h3,5-9,12H,2,4,10-11,13H2,1H3,(H,20,22)(H,21,23). The highest BCUT2D eigenvalue weighted by Crippen LogP contribution is 2.13. The van der Waals surface area contributed by atoms with Gasteiger partial charge in [0.2, 0.25) is 5.91 Å². The molecule has 0 bridgehead atoms. The second-order valence-electron chi connectivity index (χ2n) is 5.52. The van der Waals surface area contributed by atoms with Crippen molar-refractivity contribution in [3.05, 3.63) is 52.2 Å². The minimum atomic E-state index is -0.782. The first-order valence-corrected chi connectivity index (χ1v) is 9.48. The molecule has 0 aliphatic rings. The molecule has 0 atom stereocenters. The van der Waals surface area contributed by atoms with Crippen molar-refractivity contribution in [2.75, 3.05) is 19.7 Å². The molecule has 0 saturated heterocycles. The number of hydrogen-bond acceptors (Lipinski definition) is 6. The van der Waals surface area contributed by atoms with Gasteiger partial charge in [-0.3, -0.25) is 9.59 Å². The number of rotatable bonds is 9. The fourth-order valence-electron chi connectivity index (χ4n) is 2.17. The second kappa shape index (κ2) is 11.0. The summed E-state index contributed by atoms with van der Waals surface area (Å²) in [5.74, 6) is 0.0435. The molecular formula is C19H22N2O5S. The minimum absolute atomic E-state index is 0.0269. The molecule has 0 unspecified atom stereocenters. The minimum Gasteiger partial charge on any atom is -0.434 e. The van der Waals surface area contributed by atoms with E-state index in [4.69, 9.17) is 4.74 Å². The predicted octanol–water partition coefficient (Wildman–Crippen LogP) is 2.76. The molecule has 144 valence electrons. The highest BCUT2D eigenvalue weighted by molar-refractivity contribution is 7.10. The van der Waals surface area contributed by atoms with E-state index in [0.717, 1.165) is 4.88 Å². The summed E-state index contributed by atoms with van der Waals surface area (Å²) in [4.78, 5) is 36.0. The van der Waals surface area contributed by atoms with Crippen molar-refractivity contribution < 1.29 is 23.9 Å². The molecule has 0 radical (unpaired) electrons. The van der Waals surface area contributed by atoms with Crippen molar-refractivity contribution in [1.82, 2.24) is 10.6 Å². The van der Waals surface area contributed by atoms with Crippen LogP contribution in [0, 0.1) is 0 Å². The van der Waals surface area contributed by atoms with Crippen molar-refractivity contribution in [2.24, 2.45) is 0 Å². The van der Waals surface area contributed by atoms with Gasteiger partial charge in [0.15, 0.2) is 0 Å². The van der Waals surface area contributed by atoms with E-state index in [1.54, 1.807) is 30.4 Å². The third kappa shape index (κ3) is 7.49. The van der Waals surface area contributed by atoms with E-state index in [0.29, 0.717) is 37.2 Å². The fourth-order valence-corrected chi connectivity index (χ4v) is 2.88. The molecule has 0 spiro atoms. The zero-order valence-corrected chi connectivity index (χ0v) is 15.8. The summed E-state index contributed by atoms with van der Waals surface area (Å²) in [7, 11) is 0. The normalized spacial score (nSPS) is 10.1. The van der Waals surface area contributed by atoms with Crippen LogP contribution < -0.4 is 15.4 Å². The fraction of sp³-hybridized carbons (Fsp3) is 0.316. The Morgan fingerprint density at radius 1 is 1.04 bits per heavy atom. The summed E-state index contributed by atoms with van der Waals surface area (Å²) >= 11 is 1.55. The van der Waals surface area contributed by atoms with E-state index in [1.807, 2.05) is 17.5 Å². The number of carbonyl (C=O) groups is 3. The number of ether oxygens (including phenoxy) is 2. The zero-order chi connectivity index (χ0) is 19.5. The Hall–Kier alpha value is -2.87. The van der Waals surface area contributed by atoms with Crippen LogP contribution in [0.25, 0.3) is 0 Å². The first-order chi connectivity index (χ1) is 13.1. The SMILES string of the molecule is CCOC(=O)Oc1ccc(C(=O)NCCCNC(=O)Cc2cccs2)cc1. The molecule has 2 rings (SSSR count). The lowest BCUT2D eigenvalue weighted by molar-refractivity contribution is -0.120. The van der Waals surface area contributed by atoms with Crippen LogP contribution in [0.15, 0.2) is 41.8 Å². The van der Waals surface area contributed by atoms with Crippen molar-refractivity contribution in [3.63, 3.8) is 0 Å². The first kappa shape index (κ1) is 20.4. The number of thiophene rings is 1. The van der Waals surface area contributed by atoms with Crippen LogP contribution in [0.2, 0.25) is 0 Å². The molecule has 0 saturated carbocycles. The molecule has 2 aromatic rings. The van der Waals surface area contributed by atoms with E-state index in [-0.39, 0.29) is 18.4 Å². The van der Waals surface area contributed by atoms with Crippen LogP contribution in [0.5, 0.6) is 5.75 Å². The smallest absolute Gasteiger partial charge is 0.434 e. The van der Waals surface area contributed by atoms with Crippen molar-refractivity contribution in [2.45, 2.75) is 19.8 Å². The molecule has 1 aromatic heterocycles. The summed E-state index contributed by atoms with van der Waals surface area (Å²) < 4.78 is 9.61. The highest BCUT2D eigenvalue weighted by atomic mass is 32.1. The largest absolute Gasteiger partial charge is 0.513 e. The summed E-state index contributed by atoms with van der Waals surface area (Å²) in [5.41, 5.74) is 0.452. The zero-order valence-electron chi connectivity index (χ0n) is 15.0. The number of benzene rings is 1. The maximum Gasteiger partial charge on any atom is 0.513 e. The number of amides is 2. The van der Waals surface area contributed by atoms with Gasteiger partial charge in [-0.05, 0) is 49.1 Å². The maximum atomic E-state index is 12.1. The van der Waals surface area contributed by atoms with Gasteiger partial charge in [0.25, 0.3) is 5.91 Å². The van der Waals surface area contributed by atoms with Gasteiger partial charge in [-0.1, -0.05) is 6.07 Å². The number of carbonyl (C=O) groups excluding carboxylic acids is 3. The Morgan fingerprint density at radius 3 is 2.44 bits per heavy atom. The summed E-state index contributed by atoms with van der Waals surface area (Å²) in [6.07, 6.45) is 0.228. The van der Waals surface area contributed by atoms with Gasteiger partial charge in [0.1, 0.15) is 5.75 Å². The van der Waals surface area contributed by atoms with Crippen molar-refractivity contribution in [3.8, 4) is 5.75 Å². The first-order valence-electron chi connectivity index (χ1n) is 8.60. The Labute approximate surface area is 161 Å². The van der Waals surface area contributed by atoms with Crippen LogP contribution in [0.1, 0.15) is 28.6 Å². The molecule has 1 aromatic carbocycles. The third-order valence-corrected chi connectivity index (χ3v) is 4.33. The Bertz CT molecular complexity index is 744. The molecule has 0 aliphatic heterocycles. The van der Waals surface area contributed by atoms with Gasteiger partial charge >= 0.3 is 6.16 Å². The quantitative estimate of drug-likeness (QED) is 0.390. The van der Waals surface area contributed by atoms with Crippen molar-refractivity contribution >= 4 is 29.3 Å². The highest BCUT2D eigenvalue weighted by Gasteiger charge is 2.08. The van der Waals surface area contributed by atoms with Gasteiger partial charge < -0.3 is 20.1 Å². The predicted molar refractivity (Wildman–Crippen MR) is 102 cm³/mol. The lowest BCUT2D eigenvalue weighted by atomic mass is 10.2. The Balaban J connectivity index is 1.63. The molecule has 8 heteroatoms. The molecule has 0 fully saturated rings. The monoisotopic (exact) mass is 390 g/mol. The van der Waals surface area contributed by atoms with Crippen LogP contribution in [0.4, 0.5) is 4.79 Å². The lowest BCUT2D eigenvalue weighted by Gasteiger charge is -2.08. The average Bonchev–Trinajstić information content (AvgIpc) is 3.15. The van der Waals surface area contributed by atoms with E-state index in [9.17, 15) is 14.4 Å². The van der Waals surface area contributed by atoms with Gasteiger partial charge in [-0.25, -0.2) is 4.79 Å². The van der Waals surface area contributed by atoms with Gasteiger partial charge in [-0.2, -0.15) is 0 Å². The molecule has 2 N–H and O–H groups in total. The molecule has 1 heterocycles. The average molecular weight is 390 g/mol. The summed E-state index contributed by atoms with van der Waals surface area (Å²) in [6.45, 7) is 2.85. The molecule has 27 heavy (non-hydrogen) atoms. The molecule has 0 aliphatic carbocycles. The van der Waals surface area contributed by atoms with Gasteiger partial charge in [0.05, 0.1) is 13.0 Å². The van der Waals surface area contributed by atoms with E-state index < -0.39 is 6.16 Å². The van der Waals surface area contributed by atoms with Crippen LogP contribution >= 0.6 is 11.3 Å². The van der Waals surface area contributed by atoms with Crippen molar-refractivity contribution in [1.29, 1.82) is 0 Å². The van der Waals surface area contributed by atoms with Crippen LogP contribution in [0.3, 0.4) is 0 Å². The number of nitrogens with one attached hydrogen (secondary N) is 2. The third-order valence-electron chi connectivity index (χ3n) is 3.46. The maximum absolute atomic E-state index is 12.1. The lowest BCUT2D eigenvalue weighted by Crippen LogP contribution is -2.30. The Morgan fingerprint density at radius 2 is 1.78 bits per heavy atom. The van der Waals surface area contributed by atoms with E-state index >= 15 is 0 Å². The number of hydrogen-bond donors (Lipinski definition) is 2. The van der Waals surface area contributed by atoms with Crippen LogP contribution in [-0.2, 0) is 16.0 Å².